The van der Waals surface area contributed by atoms with E-state index in [2.05, 4.69) is 15.5 Å². The molecule has 2 N–H and O–H groups in total. The van der Waals surface area contributed by atoms with Crippen LogP contribution in [-0.4, -0.2) is 61.6 Å². The van der Waals surface area contributed by atoms with Crippen molar-refractivity contribution >= 4 is 23.4 Å². The maximum absolute atomic E-state index is 13.4. The van der Waals surface area contributed by atoms with Crippen molar-refractivity contribution < 1.29 is 18.7 Å². The monoisotopic (exact) mass is 427 g/mol. The van der Waals surface area contributed by atoms with Gasteiger partial charge in [-0.1, -0.05) is 11.6 Å². The lowest BCUT2D eigenvalue weighted by Crippen LogP contribution is -2.55. The van der Waals surface area contributed by atoms with Crippen molar-refractivity contribution in [3.05, 3.63) is 34.6 Å². The van der Waals surface area contributed by atoms with Gasteiger partial charge in [0.1, 0.15) is 5.82 Å². The number of nitrogens with zero attached hydrogens (tertiary/aromatic N) is 1. The molecule has 1 atom stereocenters. The van der Waals surface area contributed by atoms with E-state index in [9.17, 15) is 14.0 Å². The van der Waals surface area contributed by atoms with Crippen molar-refractivity contribution in [1.82, 2.24) is 15.5 Å². The number of likely N-dealkylation sites (tertiary alicyclic amines) is 1. The van der Waals surface area contributed by atoms with Crippen LogP contribution in [0.4, 0.5) is 4.39 Å². The van der Waals surface area contributed by atoms with Gasteiger partial charge in [-0.15, -0.1) is 0 Å². The molecule has 2 amide bonds. The molecular weight excluding hydrogens is 397 g/mol. The average Bonchev–Trinajstić information content (AvgIpc) is 2.64. The first-order valence-corrected chi connectivity index (χ1v) is 10.3. The van der Waals surface area contributed by atoms with E-state index in [4.69, 9.17) is 16.3 Å². The number of amides is 2. The molecule has 1 heterocycles. The van der Waals surface area contributed by atoms with Crippen molar-refractivity contribution in [2.75, 3.05) is 33.4 Å². The Labute approximate surface area is 177 Å². The highest BCUT2D eigenvalue weighted by atomic mass is 35.5. The lowest BCUT2D eigenvalue weighted by molar-refractivity contribution is -0.128. The van der Waals surface area contributed by atoms with Crippen LogP contribution in [0.15, 0.2) is 18.2 Å². The van der Waals surface area contributed by atoms with Gasteiger partial charge in [0.15, 0.2) is 0 Å². The number of halogens is 2. The van der Waals surface area contributed by atoms with Gasteiger partial charge in [0.05, 0.1) is 18.2 Å². The lowest BCUT2D eigenvalue weighted by atomic mass is 9.95. The van der Waals surface area contributed by atoms with Crippen molar-refractivity contribution in [3.63, 3.8) is 0 Å². The number of rotatable bonds is 8. The summed E-state index contributed by atoms with van der Waals surface area (Å²) in [7, 11) is 1.61. The van der Waals surface area contributed by atoms with Crippen LogP contribution in [0.1, 0.15) is 44.0 Å². The minimum atomic E-state index is -0.531. The maximum atomic E-state index is 13.4. The third-order valence-corrected chi connectivity index (χ3v) is 5.44. The number of hydrogen-bond donors (Lipinski definition) is 2. The van der Waals surface area contributed by atoms with Crippen molar-refractivity contribution in [1.29, 1.82) is 0 Å². The lowest BCUT2D eigenvalue weighted by Gasteiger charge is -2.37. The predicted molar refractivity (Wildman–Crippen MR) is 112 cm³/mol. The first-order valence-electron chi connectivity index (χ1n) is 9.90. The molecule has 0 bridgehead atoms. The Balaban J connectivity index is 1.78. The van der Waals surface area contributed by atoms with Gasteiger partial charge < -0.3 is 15.4 Å². The minimum absolute atomic E-state index is 0.0122. The molecule has 6 nitrogen and oxygen atoms in total. The SMILES string of the molecule is COCC(C)(C)NC(=O)C(C)N1CCC(CNC(=O)c2cc(F)cc(Cl)c2)CC1. The van der Waals surface area contributed by atoms with Crippen LogP contribution in [0, 0.1) is 11.7 Å². The standard InChI is InChI=1S/C21H31ClFN3O3/c1-14(19(27)25-21(2,3)13-29-4)26-7-5-15(6-8-26)12-24-20(28)16-9-17(22)11-18(23)10-16/h9-11,14-15H,5-8,12-13H2,1-4H3,(H,24,28)(H,25,27). The second-order valence-corrected chi connectivity index (χ2v) is 8.77. The van der Waals surface area contributed by atoms with E-state index in [1.54, 1.807) is 7.11 Å². The van der Waals surface area contributed by atoms with E-state index >= 15 is 0 Å². The molecule has 1 unspecified atom stereocenters. The second-order valence-electron chi connectivity index (χ2n) is 8.33. The van der Waals surface area contributed by atoms with Crippen LogP contribution in [0.3, 0.4) is 0 Å². The van der Waals surface area contributed by atoms with Crippen LogP contribution < -0.4 is 10.6 Å². The van der Waals surface area contributed by atoms with E-state index in [0.717, 1.165) is 25.9 Å². The number of methoxy groups -OCH3 is 1. The molecule has 29 heavy (non-hydrogen) atoms. The molecule has 162 valence electrons. The molecule has 8 heteroatoms. The van der Waals surface area contributed by atoms with Crippen LogP contribution in [-0.2, 0) is 9.53 Å². The number of hydrogen-bond acceptors (Lipinski definition) is 4. The Kier molecular flexibility index (Phi) is 8.43. The molecule has 0 aromatic heterocycles. The topological polar surface area (TPSA) is 70.7 Å². The van der Waals surface area contributed by atoms with Crippen molar-refractivity contribution in [2.24, 2.45) is 5.92 Å². The summed E-state index contributed by atoms with van der Waals surface area (Å²) in [6.45, 7) is 8.31. The number of carbonyl (C=O) groups is 2. The van der Waals surface area contributed by atoms with E-state index in [0.29, 0.717) is 19.1 Å². The van der Waals surface area contributed by atoms with Gasteiger partial charge in [-0.25, -0.2) is 4.39 Å². The number of ether oxygens (including phenoxy) is 1. The van der Waals surface area contributed by atoms with Crippen LogP contribution >= 0.6 is 11.6 Å². The van der Waals surface area contributed by atoms with Gasteiger partial charge >= 0.3 is 0 Å². The van der Waals surface area contributed by atoms with Crippen LogP contribution in [0.25, 0.3) is 0 Å². The van der Waals surface area contributed by atoms with Crippen molar-refractivity contribution in [2.45, 2.75) is 45.2 Å². The quantitative estimate of drug-likeness (QED) is 0.669. The van der Waals surface area contributed by atoms with Gasteiger partial charge in [-0.05, 0) is 70.8 Å². The molecule has 0 aliphatic carbocycles. The Hall–Kier alpha value is -1.70. The molecule has 1 aromatic rings. The predicted octanol–water partition coefficient (Wildman–Crippen LogP) is 2.85. The first-order chi connectivity index (χ1) is 13.6. The Morgan fingerprint density at radius 2 is 1.97 bits per heavy atom. The molecule has 1 fully saturated rings. The smallest absolute Gasteiger partial charge is 0.251 e. The Morgan fingerprint density at radius 3 is 2.55 bits per heavy atom. The van der Waals surface area contributed by atoms with E-state index < -0.39 is 11.4 Å². The van der Waals surface area contributed by atoms with E-state index in [1.165, 1.54) is 18.2 Å². The zero-order chi connectivity index (χ0) is 21.6. The Morgan fingerprint density at radius 1 is 1.31 bits per heavy atom. The summed E-state index contributed by atoms with van der Waals surface area (Å²) in [5.74, 6) is -0.556. The summed E-state index contributed by atoms with van der Waals surface area (Å²) < 4.78 is 18.6. The molecule has 1 saturated heterocycles. The number of nitrogens with one attached hydrogen (secondary N) is 2. The zero-order valence-corrected chi connectivity index (χ0v) is 18.3. The third-order valence-electron chi connectivity index (χ3n) is 5.22. The fourth-order valence-electron chi connectivity index (χ4n) is 3.57. The van der Waals surface area contributed by atoms with Gasteiger partial charge in [0.2, 0.25) is 5.91 Å². The second kappa shape index (κ2) is 10.4. The van der Waals surface area contributed by atoms with Gasteiger partial charge in [0.25, 0.3) is 5.91 Å². The normalized spacial score (nSPS) is 17.0. The third kappa shape index (κ3) is 7.24. The maximum Gasteiger partial charge on any atom is 0.251 e. The molecule has 1 aliphatic rings. The number of benzene rings is 1. The number of carbonyl (C=O) groups excluding carboxylic acids is 2. The average molecular weight is 428 g/mol. The molecule has 1 aliphatic heterocycles. The highest BCUT2D eigenvalue weighted by molar-refractivity contribution is 6.31. The first kappa shape index (κ1) is 23.6. The highest BCUT2D eigenvalue weighted by Gasteiger charge is 2.29. The molecule has 0 spiro atoms. The van der Waals surface area contributed by atoms with Gasteiger partial charge in [0, 0.05) is 24.2 Å². The van der Waals surface area contributed by atoms with E-state index in [-0.39, 0.29) is 28.4 Å². The fourth-order valence-corrected chi connectivity index (χ4v) is 3.79. The van der Waals surface area contributed by atoms with Gasteiger partial charge in [-0.2, -0.15) is 0 Å². The summed E-state index contributed by atoms with van der Waals surface area (Å²) in [4.78, 5) is 26.9. The van der Waals surface area contributed by atoms with E-state index in [1.807, 2.05) is 20.8 Å². The molecule has 1 aromatic carbocycles. The summed E-state index contributed by atoms with van der Waals surface area (Å²) in [6, 6.07) is 3.57. The largest absolute Gasteiger partial charge is 0.382 e. The van der Waals surface area contributed by atoms with Gasteiger partial charge in [-0.3, -0.25) is 14.5 Å². The Bertz CT molecular complexity index is 701. The summed E-state index contributed by atoms with van der Waals surface area (Å²) in [5.41, 5.74) is -0.195. The molecule has 0 saturated carbocycles. The summed E-state index contributed by atoms with van der Waals surface area (Å²) >= 11 is 5.81. The summed E-state index contributed by atoms with van der Waals surface area (Å²) in [5, 5.41) is 6.09. The minimum Gasteiger partial charge on any atom is -0.382 e. The molecular formula is C21H31ClFN3O3. The highest BCUT2D eigenvalue weighted by Crippen LogP contribution is 2.20. The van der Waals surface area contributed by atoms with Crippen molar-refractivity contribution in [3.8, 4) is 0 Å². The van der Waals surface area contributed by atoms with Crippen LogP contribution in [0.5, 0.6) is 0 Å². The van der Waals surface area contributed by atoms with Crippen LogP contribution in [0.2, 0.25) is 5.02 Å². The summed E-state index contributed by atoms with van der Waals surface area (Å²) in [6.07, 6.45) is 1.76. The molecule has 2 rings (SSSR count). The zero-order valence-electron chi connectivity index (χ0n) is 17.6. The fraction of sp³-hybridized carbons (Fsp3) is 0.619. The number of piperidine rings is 1. The molecule has 0 radical (unpaired) electrons.